The standard InChI is InChI=1S/C16H18/c1-5-13-7-6-12(4)16-10-14(11(2)3)8-9-15(13)16/h5-11H,1H2,2-4H3. The van der Waals surface area contributed by atoms with Gasteiger partial charge in [0.25, 0.3) is 0 Å². The maximum Gasteiger partial charge on any atom is -0.0109 e. The van der Waals surface area contributed by atoms with Gasteiger partial charge in [-0.1, -0.05) is 56.8 Å². The van der Waals surface area contributed by atoms with E-state index < -0.39 is 0 Å². The van der Waals surface area contributed by atoms with Crippen LogP contribution in [-0.2, 0) is 0 Å². The first-order valence-corrected chi connectivity index (χ1v) is 5.79. The minimum absolute atomic E-state index is 0.580. The lowest BCUT2D eigenvalue weighted by Gasteiger charge is -2.10. The number of aryl methyl sites for hydroxylation is 1. The highest BCUT2D eigenvalue weighted by Crippen LogP contribution is 2.27. The molecule has 2 rings (SSSR count). The summed E-state index contributed by atoms with van der Waals surface area (Å²) in [5.41, 5.74) is 3.95. The Hall–Kier alpha value is -1.56. The van der Waals surface area contributed by atoms with Crippen molar-refractivity contribution in [2.75, 3.05) is 0 Å². The van der Waals surface area contributed by atoms with E-state index in [1.807, 2.05) is 6.08 Å². The topological polar surface area (TPSA) is 0 Å². The summed E-state index contributed by atoms with van der Waals surface area (Å²) >= 11 is 0. The Morgan fingerprint density at radius 2 is 1.81 bits per heavy atom. The third-order valence-corrected chi connectivity index (χ3v) is 3.18. The maximum absolute atomic E-state index is 3.87. The lowest BCUT2D eigenvalue weighted by Crippen LogP contribution is -1.89. The van der Waals surface area contributed by atoms with Crippen LogP contribution in [0, 0.1) is 6.92 Å². The Morgan fingerprint density at radius 3 is 2.44 bits per heavy atom. The van der Waals surface area contributed by atoms with Crippen LogP contribution in [0.4, 0.5) is 0 Å². The van der Waals surface area contributed by atoms with Crippen LogP contribution in [0.15, 0.2) is 36.9 Å². The largest absolute Gasteiger partial charge is 0.0984 e. The minimum Gasteiger partial charge on any atom is -0.0984 e. The molecule has 0 heterocycles. The van der Waals surface area contributed by atoms with Crippen LogP contribution in [0.1, 0.15) is 36.5 Å². The molecule has 16 heavy (non-hydrogen) atoms. The van der Waals surface area contributed by atoms with E-state index in [0.717, 1.165) is 0 Å². The van der Waals surface area contributed by atoms with E-state index in [2.05, 4.69) is 57.7 Å². The van der Waals surface area contributed by atoms with E-state index in [-0.39, 0.29) is 0 Å². The molecule has 0 N–H and O–H groups in total. The number of hydrogen-bond donors (Lipinski definition) is 0. The van der Waals surface area contributed by atoms with Gasteiger partial charge in [0.15, 0.2) is 0 Å². The fourth-order valence-electron chi connectivity index (χ4n) is 2.07. The van der Waals surface area contributed by atoms with Gasteiger partial charge in [-0.15, -0.1) is 0 Å². The molecule has 0 aliphatic heterocycles. The molecule has 0 amide bonds. The molecule has 0 unspecified atom stereocenters. The summed E-state index contributed by atoms with van der Waals surface area (Å²) < 4.78 is 0. The molecule has 0 aliphatic carbocycles. The van der Waals surface area contributed by atoms with Crippen molar-refractivity contribution >= 4 is 16.8 Å². The first-order chi connectivity index (χ1) is 7.63. The smallest absolute Gasteiger partial charge is 0.0109 e. The summed E-state index contributed by atoms with van der Waals surface area (Å²) in [5.74, 6) is 0.580. The molecular weight excluding hydrogens is 192 g/mol. The highest BCUT2D eigenvalue weighted by atomic mass is 14.1. The van der Waals surface area contributed by atoms with Gasteiger partial charge in [0.1, 0.15) is 0 Å². The molecule has 0 fully saturated rings. The van der Waals surface area contributed by atoms with Crippen molar-refractivity contribution in [2.24, 2.45) is 0 Å². The molecule has 2 aromatic rings. The molecule has 0 bridgehead atoms. The van der Waals surface area contributed by atoms with Crippen molar-refractivity contribution in [1.29, 1.82) is 0 Å². The molecule has 0 radical (unpaired) electrons. The third-order valence-electron chi connectivity index (χ3n) is 3.18. The Morgan fingerprint density at radius 1 is 1.06 bits per heavy atom. The second kappa shape index (κ2) is 4.13. The molecule has 0 aliphatic rings. The van der Waals surface area contributed by atoms with Crippen LogP contribution in [0.25, 0.3) is 16.8 Å². The van der Waals surface area contributed by atoms with Gasteiger partial charge in [0.2, 0.25) is 0 Å². The summed E-state index contributed by atoms with van der Waals surface area (Å²) in [6, 6.07) is 11.1. The van der Waals surface area contributed by atoms with Gasteiger partial charge in [0, 0.05) is 0 Å². The summed E-state index contributed by atoms with van der Waals surface area (Å²) in [6.45, 7) is 10.5. The van der Waals surface area contributed by atoms with Crippen molar-refractivity contribution in [1.82, 2.24) is 0 Å². The molecular formula is C16H18. The van der Waals surface area contributed by atoms with Crippen LogP contribution in [0.2, 0.25) is 0 Å². The SMILES string of the molecule is C=Cc1ccc(C)c2cc(C(C)C)ccc12. The molecule has 0 spiro atoms. The van der Waals surface area contributed by atoms with Gasteiger partial charge in [-0.25, -0.2) is 0 Å². The van der Waals surface area contributed by atoms with Gasteiger partial charge in [-0.2, -0.15) is 0 Å². The molecule has 2 aromatic carbocycles. The van der Waals surface area contributed by atoms with Crippen LogP contribution < -0.4 is 0 Å². The van der Waals surface area contributed by atoms with Crippen molar-refractivity contribution in [3.05, 3.63) is 53.6 Å². The number of hydrogen-bond acceptors (Lipinski definition) is 0. The summed E-state index contributed by atoms with van der Waals surface area (Å²) in [6.07, 6.45) is 1.93. The number of benzene rings is 2. The molecule has 0 saturated carbocycles. The normalized spacial score (nSPS) is 11.0. The molecule has 0 heteroatoms. The second-order valence-corrected chi connectivity index (χ2v) is 4.64. The van der Waals surface area contributed by atoms with E-state index >= 15 is 0 Å². The van der Waals surface area contributed by atoms with Gasteiger partial charge in [-0.05, 0) is 40.3 Å². The van der Waals surface area contributed by atoms with Crippen molar-refractivity contribution in [2.45, 2.75) is 26.7 Å². The average molecular weight is 210 g/mol. The maximum atomic E-state index is 3.87. The first-order valence-electron chi connectivity index (χ1n) is 5.79. The quantitative estimate of drug-likeness (QED) is 0.660. The average Bonchev–Trinajstić information content (AvgIpc) is 2.29. The van der Waals surface area contributed by atoms with Crippen molar-refractivity contribution < 1.29 is 0 Å². The predicted octanol–water partition coefficient (Wildman–Crippen LogP) is 4.91. The lowest BCUT2D eigenvalue weighted by atomic mass is 9.94. The minimum atomic E-state index is 0.580. The lowest BCUT2D eigenvalue weighted by molar-refractivity contribution is 0.868. The molecule has 0 atom stereocenters. The fourth-order valence-corrected chi connectivity index (χ4v) is 2.07. The third kappa shape index (κ3) is 1.76. The highest BCUT2D eigenvalue weighted by molar-refractivity contribution is 5.93. The van der Waals surface area contributed by atoms with Crippen LogP contribution >= 0.6 is 0 Å². The van der Waals surface area contributed by atoms with Crippen molar-refractivity contribution in [3.8, 4) is 0 Å². The van der Waals surface area contributed by atoms with Crippen LogP contribution in [0.3, 0.4) is 0 Å². The van der Waals surface area contributed by atoms with Gasteiger partial charge < -0.3 is 0 Å². The van der Waals surface area contributed by atoms with E-state index in [9.17, 15) is 0 Å². The summed E-state index contributed by atoms with van der Waals surface area (Å²) in [7, 11) is 0. The van der Waals surface area contributed by atoms with E-state index in [1.165, 1.54) is 27.5 Å². The molecule has 0 saturated heterocycles. The second-order valence-electron chi connectivity index (χ2n) is 4.64. The highest BCUT2D eigenvalue weighted by Gasteiger charge is 2.04. The van der Waals surface area contributed by atoms with Gasteiger partial charge in [-0.3, -0.25) is 0 Å². The first kappa shape index (κ1) is 10.9. The van der Waals surface area contributed by atoms with Crippen molar-refractivity contribution in [3.63, 3.8) is 0 Å². The van der Waals surface area contributed by atoms with Gasteiger partial charge >= 0.3 is 0 Å². The Balaban J connectivity index is 2.77. The predicted molar refractivity (Wildman–Crippen MR) is 72.9 cm³/mol. The Labute approximate surface area is 97.6 Å². The molecule has 0 nitrogen and oxygen atoms in total. The zero-order valence-electron chi connectivity index (χ0n) is 10.2. The Kier molecular flexibility index (Phi) is 2.82. The zero-order chi connectivity index (χ0) is 11.7. The van der Waals surface area contributed by atoms with E-state index in [0.29, 0.717) is 5.92 Å². The van der Waals surface area contributed by atoms with Gasteiger partial charge in [0.05, 0.1) is 0 Å². The number of fused-ring (bicyclic) bond motifs is 1. The fraction of sp³-hybridized carbons (Fsp3) is 0.250. The Bertz CT molecular complexity index is 533. The van der Waals surface area contributed by atoms with Crippen LogP contribution in [0.5, 0.6) is 0 Å². The summed E-state index contributed by atoms with van der Waals surface area (Å²) in [4.78, 5) is 0. The zero-order valence-corrected chi connectivity index (χ0v) is 10.2. The van der Waals surface area contributed by atoms with E-state index in [1.54, 1.807) is 0 Å². The molecule has 0 aromatic heterocycles. The number of rotatable bonds is 2. The van der Waals surface area contributed by atoms with Crippen LogP contribution in [-0.4, -0.2) is 0 Å². The monoisotopic (exact) mass is 210 g/mol. The molecule has 82 valence electrons. The van der Waals surface area contributed by atoms with E-state index in [4.69, 9.17) is 0 Å². The summed E-state index contributed by atoms with van der Waals surface area (Å²) in [5, 5.41) is 2.66.